The van der Waals surface area contributed by atoms with Crippen molar-refractivity contribution in [3.8, 4) is 0 Å². The second kappa shape index (κ2) is 5.76. The molecule has 0 atom stereocenters. The maximum Gasteiger partial charge on any atom is 0.251 e. The second-order valence-corrected chi connectivity index (χ2v) is 6.07. The van der Waals surface area contributed by atoms with Crippen LogP contribution in [0.15, 0.2) is 6.20 Å². The molecule has 0 N–H and O–H groups in total. The highest BCUT2D eigenvalue weighted by Gasteiger charge is 2.25. The summed E-state index contributed by atoms with van der Waals surface area (Å²) in [4.78, 5) is 26.7. The molecule has 25 heavy (non-hydrogen) atoms. The number of fused-ring (bicyclic) bond motifs is 1. The molecule has 1 fully saturated rings. The van der Waals surface area contributed by atoms with Crippen LogP contribution in [0.3, 0.4) is 0 Å². The third-order valence-electron chi connectivity index (χ3n) is 4.21. The Morgan fingerprint density at radius 1 is 1.16 bits per heavy atom. The number of amides is 1. The van der Waals surface area contributed by atoms with E-state index in [0.717, 1.165) is 23.5 Å². The summed E-state index contributed by atoms with van der Waals surface area (Å²) in [6, 6.07) is 0. The Bertz CT molecular complexity index is 960. The Balaban J connectivity index is 1.64. The molecule has 0 spiro atoms. The smallest absolute Gasteiger partial charge is 0.251 e. The molecule has 1 aliphatic heterocycles. The lowest BCUT2D eigenvalue weighted by Crippen LogP contribution is -2.25. The molecule has 128 valence electrons. The number of carbonyl (C=O) groups is 1. The van der Waals surface area contributed by atoms with Crippen LogP contribution in [0.5, 0.6) is 0 Å². The summed E-state index contributed by atoms with van der Waals surface area (Å²) in [5, 5.41) is 8.80. The minimum Gasteiger partial charge on any atom is -0.279 e. The van der Waals surface area contributed by atoms with E-state index in [4.69, 9.17) is 0 Å². The molecule has 0 radical (unpaired) electrons. The van der Waals surface area contributed by atoms with Crippen LogP contribution in [-0.4, -0.2) is 46.8 Å². The molecule has 1 saturated heterocycles. The highest BCUT2D eigenvalue weighted by atomic mass is 16.2. The van der Waals surface area contributed by atoms with Crippen molar-refractivity contribution in [2.75, 3.05) is 11.4 Å². The van der Waals surface area contributed by atoms with Crippen LogP contribution in [0.4, 0.5) is 5.95 Å². The quantitative estimate of drug-likeness (QED) is 0.711. The van der Waals surface area contributed by atoms with Gasteiger partial charge >= 0.3 is 0 Å². The Labute approximate surface area is 144 Å². The van der Waals surface area contributed by atoms with E-state index in [-0.39, 0.29) is 5.91 Å². The van der Waals surface area contributed by atoms with Gasteiger partial charge < -0.3 is 0 Å². The number of hydrogen-bond donors (Lipinski definition) is 0. The predicted molar refractivity (Wildman–Crippen MR) is 91.8 cm³/mol. The molecule has 3 aromatic rings. The predicted octanol–water partition coefficient (Wildman–Crippen LogP) is 1.17. The van der Waals surface area contributed by atoms with Gasteiger partial charge in [0.1, 0.15) is 0 Å². The van der Waals surface area contributed by atoms with Gasteiger partial charge in [-0.05, 0) is 32.4 Å². The Hall–Kier alpha value is -3.10. The third kappa shape index (κ3) is 2.67. The molecule has 0 bridgehead atoms. The minimum absolute atomic E-state index is 0.0709. The largest absolute Gasteiger partial charge is 0.279 e. The van der Waals surface area contributed by atoms with Crippen LogP contribution in [0, 0.1) is 13.8 Å². The van der Waals surface area contributed by atoms with Crippen LogP contribution < -0.4 is 4.90 Å². The van der Waals surface area contributed by atoms with Crippen molar-refractivity contribution in [1.82, 2.24) is 34.3 Å². The molecule has 0 aromatic carbocycles. The fourth-order valence-corrected chi connectivity index (χ4v) is 2.83. The summed E-state index contributed by atoms with van der Waals surface area (Å²) >= 11 is 0. The van der Waals surface area contributed by atoms with Crippen molar-refractivity contribution in [1.29, 1.82) is 0 Å². The van der Waals surface area contributed by atoms with E-state index in [2.05, 4.69) is 25.1 Å². The van der Waals surface area contributed by atoms with Gasteiger partial charge in [-0.3, -0.25) is 14.7 Å². The highest BCUT2D eigenvalue weighted by molar-refractivity contribution is 5.93. The van der Waals surface area contributed by atoms with E-state index in [1.165, 1.54) is 0 Å². The van der Waals surface area contributed by atoms with Gasteiger partial charge in [0, 0.05) is 26.2 Å². The molecule has 0 unspecified atom stereocenters. The van der Waals surface area contributed by atoms with E-state index >= 15 is 0 Å². The van der Waals surface area contributed by atoms with Gasteiger partial charge in [-0.2, -0.15) is 4.98 Å². The Kier molecular flexibility index (Phi) is 3.56. The fraction of sp³-hybridized carbons (Fsp3) is 0.375. The molecule has 1 amide bonds. The zero-order valence-corrected chi connectivity index (χ0v) is 14.3. The first-order valence-electron chi connectivity index (χ1n) is 8.11. The second-order valence-electron chi connectivity index (χ2n) is 6.07. The van der Waals surface area contributed by atoms with Gasteiger partial charge in [0.05, 0.1) is 11.4 Å². The molecule has 0 aliphatic carbocycles. The number of carbonyl (C=O) groups excluding carboxylic acids is 1. The highest BCUT2D eigenvalue weighted by Crippen LogP contribution is 2.18. The van der Waals surface area contributed by atoms with E-state index in [9.17, 15) is 4.79 Å². The Morgan fingerprint density at radius 3 is 2.72 bits per heavy atom. The summed E-state index contributed by atoms with van der Waals surface area (Å²) in [6.45, 7) is 4.51. The van der Waals surface area contributed by atoms with Crippen molar-refractivity contribution in [2.45, 2.75) is 26.7 Å². The summed E-state index contributed by atoms with van der Waals surface area (Å²) in [5.74, 6) is 1.73. The third-order valence-corrected chi connectivity index (χ3v) is 4.21. The molecule has 3 aromatic heterocycles. The van der Waals surface area contributed by atoms with Gasteiger partial charge in [0.25, 0.3) is 5.95 Å². The maximum absolute atomic E-state index is 11.8. The Morgan fingerprint density at radius 2 is 2.00 bits per heavy atom. The average molecular weight is 338 g/mol. The van der Waals surface area contributed by atoms with Crippen LogP contribution in [0.2, 0.25) is 0 Å². The van der Waals surface area contributed by atoms with E-state index < -0.39 is 0 Å². The summed E-state index contributed by atoms with van der Waals surface area (Å²) < 4.78 is 3.41. The van der Waals surface area contributed by atoms with Gasteiger partial charge in [-0.25, -0.2) is 14.2 Å². The lowest BCUT2D eigenvalue weighted by molar-refractivity contribution is -0.117. The number of rotatable bonds is 3. The monoisotopic (exact) mass is 338 g/mol. The zero-order chi connectivity index (χ0) is 17.6. The van der Waals surface area contributed by atoms with Gasteiger partial charge in [-0.15, -0.1) is 10.2 Å². The minimum atomic E-state index is 0.0709. The topological polar surface area (TPSA) is 94.1 Å². The fourth-order valence-electron chi connectivity index (χ4n) is 2.83. The molecule has 9 nitrogen and oxygen atoms in total. The first-order chi connectivity index (χ1) is 12.0. The molecular weight excluding hydrogens is 320 g/mol. The summed E-state index contributed by atoms with van der Waals surface area (Å²) in [7, 11) is 1.80. The molecular formula is C16H18N8O. The average Bonchev–Trinajstić information content (AvgIpc) is 3.28. The van der Waals surface area contributed by atoms with E-state index in [0.29, 0.717) is 30.6 Å². The molecule has 0 saturated carbocycles. The number of aryl methyl sites for hydroxylation is 3. The summed E-state index contributed by atoms with van der Waals surface area (Å²) in [5.41, 5.74) is 2.48. The number of nitrogens with zero attached hydrogens (tertiary/aromatic N) is 8. The number of hydrogen-bond acceptors (Lipinski definition) is 6. The van der Waals surface area contributed by atoms with Crippen molar-refractivity contribution >= 4 is 29.7 Å². The van der Waals surface area contributed by atoms with Crippen LogP contribution in [0.25, 0.3) is 17.8 Å². The molecule has 4 rings (SSSR count). The first-order valence-corrected chi connectivity index (χ1v) is 8.11. The summed E-state index contributed by atoms with van der Waals surface area (Å²) in [6.07, 6.45) is 6.75. The van der Waals surface area contributed by atoms with E-state index in [1.807, 2.05) is 13.8 Å². The van der Waals surface area contributed by atoms with Crippen molar-refractivity contribution in [3.63, 3.8) is 0 Å². The lowest BCUT2D eigenvalue weighted by atomic mass is 10.4. The standard InChI is InChI=1S/C16H18N8O/c1-10-9-17-11(2)15-18-12(20-24(10)15)6-7-13-19-16(21-22(13)3)23-8-4-5-14(23)25/h6-7,9H,4-5,8H2,1-3H3. The van der Waals surface area contributed by atoms with Crippen LogP contribution >= 0.6 is 0 Å². The molecule has 9 heteroatoms. The van der Waals surface area contributed by atoms with Gasteiger partial charge in [-0.1, -0.05) is 0 Å². The number of anilines is 1. The van der Waals surface area contributed by atoms with E-state index in [1.54, 1.807) is 39.5 Å². The SMILES string of the molecule is Cc1ncc(C)n2nc(C=Cc3nc(N4CCCC4=O)nn3C)nc12. The van der Waals surface area contributed by atoms with Gasteiger partial charge in [0.15, 0.2) is 17.3 Å². The van der Waals surface area contributed by atoms with Crippen molar-refractivity contribution < 1.29 is 4.79 Å². The normalized spacial score (nSPS) is 15.2. The van der Waals surface area contributed by atoms with Crippen molar-refractivity contribution in [3.05, 3.63) is 29.2 Å². The zero-order valence-electron chi connectivity index (χ0n) is 14.3. The van der Waals surface area contributed by atoms with Gasteiger partial charge in [0.2, 0.25) is 5.91 Å². The lowest BCUT2D eigenvalue weighted by Gasteiger charge is -2.08. The maximum atomic E-state index is 11.8. The van der Waals surface area contributed by atoms with Crippen LogP contribution in [0.1, 0.15) is 35.9 Å². The molecule has 4 heterocycles. The van der Waals surface area contributed by atoms with Crippen LogP contribution in [-0.2, 0) is 11.8 Å². The number of aromatic nitrogens is 7. The first kappa shape index (κ1) is 15.4. The van der Waals surface area contributed by atoms with Crippen molar-refractivity contribution in [2.24, 2.45) is 7.05 Å². The molecule has 1 aliphatic rings.